The first-order valence-corrected chi connectivity index (χ1v) is 17.2. The summed E-state index contributed by atoms with van der Waals surface area (Å²) in [5.41, 5.74) is 0. The maximum absolute atomic E-state index is 11.9. The summed E-state index contributed by atoms with van der Waals surface area (Å²) in [5, 5.41) is 19.2. The van der Waals surface area contributed by atoms with E-state index in [0.717, 1.165) is 64.2 Å². The van der Waals surface area contributed by atoms with Crippen LogP contribution in [0.3, 0.4) is 0 Å². The lowest BCUT2D eigenvalue weighted by atomic mass is 10.1. The van der Waals surface area contributed by atoms with E-state index in [-0.39, 0.29) is 31.3 Å². The molecule has 0 spiro atoms. The largest absolute Gasteiger partial charge is 0.463 e. The van der Waals surface area contributed by atoms with Crippen LogP contribution in [0.2, 0.25) is 0 Å². The van der Waals surface area contributed by atoms with E-state index in [1.165, 1.54) is 51.4 Å². The molecule has 0 rings (SSSR count). The zero-order valence-corrected chi connectivity index (χ0v) is 27.6. The highest BCUT2D eigenvalue weighted by atomic mass is 16.6. The number of carbonyl (C=O) groups excluding carboxylic acids is 2. The van der Waals surface area contributed by atoms with Gasteiger partial charge in [-0.2, -0.15) is 0 Å². The Morgan fingerprint density at radius 2 is 0.953 bits per heavy atom. The molecule has 2 atom stereocenters. The van der Waals surface area contributed by atoms with Gasteiger partial charge in [0.15, 0.2) is 0 Å². The van der Waals surface area contributed by atoms with Crippen molar-refractivity contribution in [2.45, 2.75) is 161 Å². The predicted octanol–water partition coefficient (Wildman–Crippen LogP) is 9.25. The van der Waals surface area contributed by atoms with Crippen LogP contribution in [0.4, 0.5) is 0 Å². The van der Waals surface area contributed by atoms with Crippen molar-refractivity contribution in [3.05, 3.63) is 48.6 Å². The molecule has 0 aliphatic carbocycles. The Balaban J connectivity index is 3.58. The Hall–Kier alpha value is -2.18. The van der Waals surface area contributed by atoms with Gasteiger partial charge in [0.2, 0.25) is 0 Å². The average Bonchev–Trinajstić information content (AvgIpc) is 2.99. The van der Waals surface area contributed by atoms with Crippen LogP contribution in [-0.4, -0.2) is 47.6 Å². The molecule has 0 fully saturated rings. The van der Waals surface area contributed by atoms with E-state index in [4.69, 9.17) is 9.47 Å². The van der Waals surface area contributed by atoms with Gasteiger partial charge in [0, 0.05) is 12.8 Å². The van der Waals surface area contributed by atoms with Crippen LogP contribution in [0.5, 0.6) is 0 Å². The zero-order valence-electron chi connectivity index (χ0n) is 27.6. The van der Waals surface area contributed by atoms with Gasteiger partial charge in [-0.3, -0.25) is 9.59 Å². The Morgan fingerprint density at radius 1 is 0.558 bits per heavy atom. The molecular formula is C37H64O6. The summed E-state index contributed by atoms with van der Waals surface area (Å²) < 4.78 is 10.2. The third-order valence-corrected chi connectivity index (χ3v) is 7.09. The highest BCUT2D eigenvalue weighted by Crippen LogP contribution is 2.12. The SMILES string of the molecule is CCCCCCCCCCCCCC(=O)OC[C@@H](O)COC(=O)CCC/C=C\C/C=C\C/C=C\C/C=C\CCC[C@@H](C)O. The van der Waals surface area contributed by atoms with Crippen LogP contribution in [0, 0.1) is 0 Å². The number of ether oxygens (including phenoxy) is 2. The predicted molar refractivity (Wildman–Crippen MR) is 179 cm³/mol. The normalized spacial score (nSPS) is 13.5. The van der Waals surface area contributed by atoms with Crippen LogP contribution >= 0.6 is 0 Å². The minimum atomic E-state index is -0.991. The third-order valence-electron chi connectivity index (χ3n) is 7.09. The highest BCUT2D eigenvalue weighted by molar-refractivity contribution is 5.69. The van der Waals surface area contributed by atoms with E-state index >= 15 is 0 Å². The number of aliphatic hydroxyl groups is 2. The molecule has 2 N–H and O–H groups in total. The van der Waals surface area contributed by atoms with Gasteiger partial charge in [-0.05, 0) is 64.7 Å². The summed E-state index contributed by atoms with van der Waals surface area (Å²) in [6, 6.07) is 0. The van der Waals surface area contributed by atoms with E-state index < -0.39 is 6.10 Å². The molecule has 6 heteroatoms. The zero-order chi connectivity index (χ0) is 31.6. The first-order valence-electron chi connectivity index (χ1n) is 17.2. The van der Waals surface area contributed by atoms with E-state index in [0.29, 0.717) is 19.3 Å². The van der Waals surface area contributed by atoms with Gasteiger partial charge in [-0.15, -0.1) is 0 Å². The Bertz CT molecular complexity index is 752. The average molecular weight is 605 g/mol. The summed E-state index contributed by atoms with van der Waals surface area (Å²) in [4.78, 5) is 23.8. The number of unbranched alkanes of at least 4 members (excludes halogenated alkanes) is 12. The summed E-state index contributed by atoms with van der Waals surface area (Å²) >= 11 is 0. The van der Waals surface area contributed by atoms with Gasteiger partial charge >= 0.3 is 11.9 Å². The standard InChI is InChI=1S/C37H64O6/c1-3-4-5-6-7-8-14-18-21-24-27-30-36(40)42-32-35(39)33-43-37(41)31-28-25-22-19-16-13-11-9-10-12-15-17-20-23-26-29-34(2)38/h10-13,17,19-20,22,34-35,38-39H,3-9,14-16,18,21,23-33H2,1-2H3/b12-10-,13-11-,20-17-,22-19-/t34-,35-/m1/s1. The topological polar surface area (TPSA) is 93.1 Å². The lowest BCUT2D eigenvalue weighted by Crippen LogP contribution is -2.25. The molecule has 0 aromatic carbocycles. The molecule has 0 aliphatic heterocycles. The number of hydrogen-bond donors (Lipinski definition) is 2. The van der Waals surface area contributed by atoms with Gasteiger partial charge in [0.05, 0.1) is 6.10 Å². The van der Waals surface area contributed by atoms with Crippen molar-refractivity contribution in [2.75, 3.05) is 13.2 Å². The number of rotatable bonds is 30. The summed E-state index contributed by atoms with van der Waals surface area (Å²) in [5.74, 6) is -0.648. The molecular weight excluding hydrogens is 540 g/mol. The molecule has 43 heavy (non-hydrogen) atoms. The van der Waals surface area contributed by atoms with E-state index in [2.05, 4.69) is 55.5 Å². The molecule has 0 heterocycles. The number of allylic oxidation sites excluding steroid dienone is 8. The number of carbonyl (C=O) groups is 2. The molecule has 0 unspecified atom stereocenters. The second-order valence-corrected chi connectivity index (χ2v) is 11.6. The van der Waals surface area contributed by atoms with Crippen LogP contribution in [0.15, 0.2) is 48.6 Å². The molecule has 0 aliphatic rings. The fourth-order valence-corrected chi connectivity index (χ4v) is 4.45. The molecule has 248 valence electrons. The Labute approximate surface area is 263 Å². The molecule has 0 aromatic rings. The van der Waals surface area contributed by atoms with Crippen molar-refractivity contribution in [2.24, 2.45) is 0 Å². The quantitative estimate of drug-likeness (QED) is 0.0482. The minimum Gasteiger partial charge on any atom is -0.463 e. The summed E-state index contributed by atoms with van der Waals surface area (Å²) in [6.07, 6.45) is 37.2. The van der Waals surface area contributed by atoms with Gasteiger partial charge in [0.25, 0.3) is 0 Å². The summed E-state index contributed by atoms with van der Waals surface area (Å²) in [7, 11) is 0. The third kappa shape index (κ3) is 34.2. The maximum atomic E-state index is 11.9. The fourth-order valence-electron chi connectivity index (χ4n) is 4.45. The highest BCUT2D eigenvalue weighted by Gasteiger charge is 2.11. The molecule has 0 amide bonds. The number of aliphatic hydroxyl groups excluding tert-OH is 2. The molecule has 0 aromatic heterocycles. The molecule has 0 bridgehead atoms. The second-order valence-electron chi connectivity index (χ2n) is 11.6. The minimum absolute atomic E-state index is 0.140. The number of esters is 2. The lowest BCUT2D eigenvalue weighted by molar-refractivity contribution is -0.152. The van der Waals surface area contributed by atoms with E-state index in [9.17, 15) is 19.8 Å². The van der Waals surface area contributed by atoms with Gasteiger partial charge in [0.1, 0.15) is 19.3 Å². The van der Waals surface area contributed by atoms with E-state index in [1.807, 2.05) is 6.92 Å². The van der Waals surface area contributed by atoms with Crippen molar-refractivity contribution in [3.8, 4) is 0 Å². The van der Waals surface area contributed by atoms with Crippen LogP contribution in [0.1, 0.15) is 149 Å². The van der Waals surface area contributed by atoms with Gasteiger partial charge in [-0.1, -0.05) is 120 Å². The van der Waals surface area contributed by atoms with Gasteiger partial charge < -0.3 is 19.7 Å². The molecule has 0 radical (unpaired) electrons. The second kappa shape index (κ2) is 32.7. The van der Waals surface area contributed by atoms with Crippen molar-refractivity contribution in [3.63, 3.8) is 0 Å². The lowest BCUT2D eigenvalue weighted by Gasteiger charge is -2.12. The first-order chi connectivity index (χ1) is 21.0. The van der Waals surface area contributed by atoms with Crippen LogP contribution in [0.25, 0.3) is 0 Å². The maximum Gasteiger partial charge on any atom is 0.305 e. The molecule has 0 saturated heterocycles. The van der Waals surface area contributed by atoms with E-state index in [1.54, 1.807) is 0 Å². The first kappa shape index (κ1) is 40.8. The molecule has 6 nitrogen and oxygen atoms in total. The van der Waals surface area contributed by atoms with Crippen molar-refractivity contribution >= 4 is 11.9 Å². The monoisotopic (exact) mass is 604 g/mol. The van der Waals surface area contributed by atoms with Crippen molar-refractivity contribution in [1.29, 1.82) is 0 Å². The summed E-state index contributed by atoms with van der Waals surface area (Å²) in [6.45, 7) is 3.78. The molecule has 0 saturated carbocycles. The Morgan fingerprint density at radius 3 is 1.42 bits per heavy atom. The fraction of sp³-hybridized carbons (Fsp3) is 0.730. The van der Waals surface area contributed by atoms with Crippen molar-refractivity contribution in [1.82, 2.24) is 0 Å². The number of hydrogen-bond acceptors (Lipinski definition) is 6. The van der Waals surface area contributed by atoms with Crippen LogP contribution < -0.4 is 0 Å². The smallest absolute Gasteiger partial charge is 0.305 e. The Kier molecular flexibility index (Phi) is 31.1. The van der Waals surface area contributed by atoms with Crippen LogP contribution in [-0.2, 0) is 19.1 Å². The van der Waals surface area contributed by atoms with Gasteiger partial charge in [-0.25, -0.2) is 0 Å². The van der Waals surface area contributed by atoms with Crippen molar-refractivity contribution < 1.29 is 29.3 Å².